The second kappa shape index (κ2) is 5.34. The average Bonchev–Trinajstić information content (AvgIpc) is 2.29. The molecule has 0 bridgehead atoms. The SMILES string of the molecule is C[C@@H](CCN)Nc1ccnc2cc(Cl)ccc12. The lowest BCUT2D eigenvalue weighted by molar-refractivity contribution is 0.717. The van der Waals surface area contributed by atoms with E-state index in [4.69, 9.17) is 17.3 Å². The van der Waals surface area contributed by atoms with Crippen LogP contribution in [0.3, 0.4) is 0 Å². The summed E-state index contributed by atoms with van der Waals surface area (Å²) in [6, 6.07) is 8.06. The monoisotopic (exact) mass is 249 g/mol. The number of pyridine rings is 1. The Morgan fingerprint density at radius 2 is 2.24 bits per heavy atom. The van der Waals surface area contributed by atoms with Crippen LogP contribution >= 0.6 is 11.6 Å². The number of halogens is 1. The third kappa shape index (κ3) is 2.87. The Morgan fingerprint density at radius 1 is 1.41 bits per heavy atom. The smallest absolute Gasteiger partial charge is 0.0737 e. The maximum Gasteiger partial charge on any atom is 0.0737 e. The van der Waals surface area contributed by atoms with Gasteiger partial charge in [-0.3, -0.25) is 4.98 Å². The molecular weight excluding hydrogens is 234 g/mol. The molecule has 90 valence electrons. The highest BCUT2D eigenvalue weighted by atomic mass is 35.5. The Kier molecular flexibility index (Phi) is 3.82. The van der Waals surface area contributed by atoms with Crippen molar-refractivity contribution >= 4 is 28.2 Å². The third-order valence-corrected chi connectivity index (χ3v) is 2.94. The summed E-state index contributed by atoms with van der Waals surface area (Å²) in [5.41, 5.74) is 7.53. The number of nitrogens with two attached hydrogens (primary N) is 1. The highest BCUT2D eigenvalue weighted by Crippen LogP contribution is 2.24. The molecular formula is C13H16ClN3. The molecule has 0 radical (unpaired) electrons. The van der Waals surface area contributed by atoms with Gasteiger partial charge in [0.1, 0.15) is 0 Å². The van der Waals surface area contributed by atoms with E-state index in [0.717, 1.165) is 23.0 Å². The van der Waals surface area contributed by atoms with Gasteiger partial charge in [0.15, 0.2) is 0 Å². The number of rotatable bonds is 4. The minimum Gasteiger partial charge on any atom is -0.382 e. The van der Waals surface area contributed by atoms with Crippen LogP contribution in [0.4, 0.5) is 5.69 Å². The molecule has 0 fully saturated rings. The molecule has 1 aromatic carbocycles. The molecule has 0 aliphatic heterocycles. The maximum absolute atomic E-state index is 5.95. The van der Waals surface area contributed by atoms with E-state index in [-0.39, 0.29) is 0 Å². The average molecular weight is 250 g/mol. The van der Waals surface area contributed by atoms with Crippen molar-refractivity contribution in [2.45, 2.75) is 19.4 Å². The van der Waals surface area contributed by atoms with Crippen LogP contribution in [0.15, 0.2) is 30.5 Å². The summed E-state index contributed by atoms with van der Waals surface area (Å²) < 4.78 is 0. The van der Waals surface area contributed by atoms with Crippen LogP contribution in [0.1, 0.15) is 13.3 Å². The van der Waals surface area contributed by atoms with Gasteiger partial charge in [-0.25, -0.2) is 0 Å². The second-order valence-corrected chi connectivity index (χ2v) is 4.58. The van der Waals surface area contributed by atoms with Crippen molar-refractivity contribution in [1.82, 2.24) is 4.98 Å². The first-order valence-corrected chi connectivity index (χ1v) is 6.09. The van der Waals surface area contributed by atoms with Gasteiger partial charge >= 0.3 is 0 Å². The highest BCUT2D eigenvalue weighted by Gasteiger charge is 2.05. The molecule has 1 heterocycles. The Labute approximate surface area is 106 Å². The Morgan fingerprint density at radius 3 is 3.00 bits per heavy atom. The van der Waals surface area contributed by atoms with Crippen molar-refractivity contribution in [2.75, 3.05) is 11.9 Å². The lowest BCUT2D eigenvalue weighted by Gasteiger charge is -2.15. The van der Waals surface area contributed by atoms with Gasteiger partial charge in [0.2, 0.25) is 0 Å². The molecule has 3 N–H and O–H groups in total. The van der Waals surface area contributed by atoms with Crippen molar-refractivity contribution in [3.8, 4) is 0 Å². The van der Waals surface area contributed by atoms with Gasteiger partial charge < -0.3 is 11.1 Å². The number of nitrogens with zero attached hydrogens (tertiary/aromatic N) is 1. The topological polar surface area (TPSA) is 50.9 Å². The minimum absolute atomic E-state index is 0.348. The first-order chi connectivity index (χ1) is 8.20. The summed E-state index contributed by atoms with van der Waals surface area (Å²) in [6.07, 6.45) is 2.73. The van der Waals surface area contributed by atoms with Gasteiger partial charge in [0.25, 0.3) is 0 Å². The van der Waals surface area contributed by atoms with E-state index < -0.39 is 0 Å². The zero-order valence-electron chi connectivity index (χ0n) is 9.78. The van der Waals surface area contributed by atoms with Crippen LogP contribution in [-0.4, -0.2) is 17.6 Å². The zero-order chi connectivity index (χ0) is 12.3. The lowest BCUT2D eigenvalue weighted by atomic mass is 10.1. The van der Waals surface area contributed by atoms with E-state index in [0.29, 0.717) is 17.6 Å². The number of nitrogens with one attached hydrogen (secondary N) is 1. The first-order valence-electron chi connectivity index (χ1n) is 5.71. The summed E-state index contributed by atoms with van der Waals surface area (Å²) in [4.78, 5) is 4.31. The molecule has 0 aliphatic rings. The zero-order valence-corrected chi connectivity index (χ0v) is 10.5. The maximum atomic E-state index is 5.95. The predicted molar refractivity (Wildman–Crippen MR) is 73.5 cm³/mol. The Hall–Kier alpha value is -1.32. The van der Waals surface area contributed by atoms with Crippen LogP contribution < -0.4 is 11.1 Å². The molecule has 0 aliphatic carbocycles. The van der Waals surface area contributed by atoms with E-state index in [1.54, 1.807) is 6.20 Å². The molecule has 0 spiro atoms. The summed E-state index contributed by atoms with van der Waals surface area (Å²) >= 11 is 5.95. The normalized spacial score (nSPS) is 12.6. The number of fused-ring (bicyclic) bond motifs is 1. The highest BCUT2D eigenvalue weighted by molar-refractivity contribution is 6.31. The summed E-state index contributed by atoms with van der Waals surface area (Å²) in [5, 5.41) is 5.23. The molecule has 4 heteroatoms. The van der Waals surface area contributed by atoms with Crippen LogP contribution in [0.2, 0.25) is 5.02 Å². The van der Waals surface area contributed by atoms with Crippen LogP contribution in [0.5, 0.6) is 0 Å². The molecule has 2 aromatic rings. The van der Waals surface area contributed by atoms with Crippen molar-refractivity contribution in [2.24, 2.45) is 5.73 Å². The summed E-state index contributed by atoms with van der Waals surface area (Å²) in [5.74, 6) is 0. The fraction of sp³-hybridized carbons (Fsp3) is 0.308. The van der Waals surface area contributed by atoms with Gasteiger partial charge in [-0.2, -0.15) is 0 Å². The third-order valence-electron chi connectivity index (χ3n) is 2.71. The quantitative estimate of drug-likeness (QED) is 0.876. The van der Waals surface area contributed by atoms with Crippen LogP contribution in [-0.2, 0) is 0 Å². The molecule has 2 rings (SSSR count). The van der Waals surface area contributed by atoms with Crippen LogP contribution in [0, 0.1) is 0 Å². The van der Waals surface area contributed by atoms with Crippen molar-refractivity contribution in [3.63, 3.8) is 0 Å². The molecule has 0 unspecified atom stereocenters. The van der Waals surface area contributed by atoms with Gasteiger partial charge in [0, 0.05) is 28.3 Å². The van der Waals surface area contributed by atoms with Crippen molar-refractivity contribution in [1.29, 1.82) is 0 Å². The van der Waals surface area contributed by atoms with Crippen molar-refractivity contribution < 1.29 is 0 Å². The van der Waals surface area contributed by atoms with Gasteiger partial charge in [-0.05, 0) is 44.2 Å². The lowest BCUT2D eigenvalue weighted by Crippen LogP contribution is -2.19. The largest absolute Gasteiger partial charge is 0.382 e. The van der Waals surface area contributed by atoms with E-state index >= 15 is 0 Å². The van der Waals surface area contributed by atoms with E-state index in [1.165, 1.54) is 0 Å². The Bertz CT molecular complexity index is 513. The fourth-order valence-corrected chi connectivity index (χ4v) is 2.00. The molecule has 0 amide bonds. The number of anilines is 1. The number of hydrogen-bond acceptors (Lipinski definition) is 3. The van der Waals surface area contributed by atoms with E-state index in [1.807, 2.05) is 24.3 Å². The molecule has 1 atom stereocenters. The molecule has 1 aromatic heterocycles. The van der Waals surface area contributed by atoms with Gasteiger partial charge in [-0.1, -0.05) is 11.6 Å². The van der Waals surface area contributed by atoms with Crippen LogP contribution in [0.25, 0.3) is 10.9 Å². The van der Waals surface area contributed by atoms with Gasteiger partial charge in [-0.15, -0.1) is 0 Å². The number of benzene rings is 1. The van der Waals surface area contributed by atoms with Gasteiger partial charge in [0.05, 0.1) is 5.52 Å². The summed E-state index contributed by atoms with van der Waals surface area (Å²) in [6.45, 7) is 2.80. The summed E-state index contributed by atoms with van der Waals surface area (Å²) in [7, 11) is 0. The van der Waals surface area contributed by atoms with E-state index in [2.05, 4.69) is 17.2 Å². The van der Waals surface area contributed by atoms with E-state index in [9.17, 15) is 0 Å². The number of hydrogen-bond donors (Lipinski definition) is 2. The Balaban J connectivity index is 2.34. The molecule has 0 saturated heterocycles. The standard InChI is InChI=1S/C13H16ClN3/c1-9(4-6-15)17-12-5-7-16-13-8-10(14)2-3-11(12)13/h2-3,5,7-9H,4,6,15H2,1H3,(H,16,17)/t9-/m0/s1. The first kappa shape index (κ1) is 12.1. The van der Waals surface area contributed by atoms with Crippen molar-refractivity contribution in [3.05, 3.63) is 35.5 Å². The molecule has 17 heavy (non-hydrogen) atoms. The molecule has 3 nitrogen and oxygen atoms in total. The fourth-order valence-electron chi connectivity index (χ4n) is 1.83. The number of aromatic nitrogens is 1. The predicted octanol–water partition coefficient (Wildman–Crippen LogP) is 3.04. The second-order valence-electron chi connectivity index (χ2n) is 4.14. The molecule has 0 saturated carbocycles. The minimum atomic E-state index is 0.348.